The molecule has 1 aliphatic rings. The molecule has 2 unspecified atom stereocenters. The summed E-state index contributed by atoms with van der Waals surface area (Å²) in [7, 11) is 0. The summed E-state index contributed by atoms with van der Waals surface area (Å²) >= 11 is 0. The minimum absolute atomic E-state index is 0.182. The normalized spacial score (nSPS) is 20.4. The second-order valence-corrected chi connectivity index (χ2v) is 6.63. The Morgan fingerprint density at radius 3 is 2.59 bits per heavy atom. The number of hydrogen-bond donors (Lipinski definition) is 1. The second kappa shape index (κ2) is 8.96. The number of nitrogens with zero attached hydrogens (tertiary/aromatic N) is 3. The van der Waals surface area contributed by atoms with Gasteiger partial charge in [0.15, 0.2) is 5.69 Å². The Hall–Kier alpha value is -2.45. The summed E-state index contributed by atoms with van der Waals surface area (Å²) in [6.07, 6.45) is 0.508. The molecule has 2 aromatic rings. The Labute approximate surface area is 158 Å². The van der Waals surface area contributed by atoms with E-state index < -0.39 is 5.97 Å². The number of carbonyl (C=O) groups is 1. The van der Waals surface area contributed by atoms with Crippen LogP contribution in [0.25, 0.3) is 11.3 Å². The van der Waals surface area contributed by atoms with Crippen molar-refractivity contribution < 1.29 is 19.0 Å². The van der Waals surface area contributed by atoms with E-state index in [1.807, 2.05) is 24.3 Å². The summed E-state index contributed by atoms with van der Waals surface area (Å²) in [6.45, 7) is 9.55. The van der Waals surface area contributed by atoms with Crippen LogP contribution in [0.1, 0.15) is 31.3 Å². The molecule has 1 fully saturated rings. The zero-order valence-electron chi connectivity index (χ0n) is 16.0. The molecule has 0 radical (unpaired) electrons. The lowest BCUT2D eigenvalue weighted by Crippen LogP contribution is -2.46. The molecule has 0 spiro atoms. The number of rotatable bonds is 7. The van der Waals surface area contributed by atoms with Crippen LogP contribution in [0.2, 0.25) is 0 Å². The first-order valence-corrected chi connectivity index (χ1v) is 9.25. The van der Waals surface area contributed by atoms with Gasteiger partial charge in [-0.3, -0.25) is 4.90 Å². The van der Waals surface area contributed by atoms with Gasteiger partial charge < -0.3 is 14.2 Å². The van der Waals surface area contributed by atoms with Crippen molar-refractivity contribution in [1.82, 2.24) is 20.3 Å². The van der Waals surface area contributed by atoms with Crippen LogP contribution in [0.5, 0.6) is 5.75 Å². The first kappa shape index (κ1) is 19.3. The van der Waals surface area contributed by atoms with Crippen LogP contribution in [-0.4, -0.2) is 71.3 Å². The van der Waals surface area contributed by atoms with Crippen LogP contribution in [0.4, 0.5) is 0 Å². The van der Waals surface area contributed by atoms with Gasteiger partial charge in [-0.2, -0.15) is 10.3 Å². The molecule has 146 valence electrons. The fourth-order valence-corrected chi connectivity index (χ4v) is 3.24. The van der Waals surface area contributed by atoms with E-state index in [2.05, 4.69) is 34.2 Å². The highest BCUT2D eigenvalue weighted by atomic mass is 16.5. The Morgan fingerprint density at radius 1 is 1.22 bits per heavy atom. The molecule has 1 aromatic heterocycles. The monoisotopic (exact) mass is 374 g/mol. The molecule has 1 aromatic carbocycles. The smallest absolute Gasteiger partial charge is 0.361 e. The van der Waals surface area contributed by atoms with E-state index in [1.165, 1.54) is 0 Å². The molecule has 0 amide bonds. The highest BCUT2D eigenvalue weighted by molar-refractivity contribution is 5.93. The number of carbonyl (C=O) groups excluding carboxylic acids is 1. The fourth-order valence-electron chi connectivity index (χ4n) is 3.24. The third kappa shape index (κ3) is 5.05. The molecule has 2 atom stereocenters. The Bertz CT molecular complexity index is 736. The number of aromatic amines is 1. The maximum Gasteiger partial charge on any atom is 0.361 e. The van der Waals surface area contributed by atoms with Gasteiger partial charge in [0, 0.05) is 25.2 Å². The van der Waals surface area contributed by atoms with E-state index in [1.54, 1.807) is 6.92 Å². The highest BCUT2D eigenvalue weighted by Crippen LogP contribution is 2.23. The number of H-pyrrole nitrogens is 1. The first-order chi connectivity index (χ1) is 13.1. The zero-order valence-corrected chi connectivity index (χ0v) is 16.0. The number of esters is 1. The van der Waals surface area contributed by atoms with Crippen molar-refractivity contribution in [2.24, 2.45) is 0 Å². The van der Waals surface area contributed by atoms with Crippen molar-refractivity contribution in [1.29, 1.82) is 0 Å². The van der Waals surface area contributed by atoms with Crippen LogP contribution in [0, 0.1) is 0 Å². The number of hydrogen-bond acceptors (Lipinski definition) is 7. The van der Waals surface area contributed by atoms with Gasteiger partial charge in [0.1, 0.15) is 18.1 Å². The van der Waals surface area contributed by atoms with E-state index in [-0.39, 0.29) is 17.9 Å². The molecular weight excluding hydrogens is 348 g/mol. The average Bonchev–Trinajstić information content (AvgIpc) is 3.11. The van der Waals surface area contributed by atoms with Crippen molar-refractivity contribution in [3.05, 3.63) is 30.0 Å². The molecule has 0 aliphatic carbocycles. The van der Waals surface area contributed by atoms with Gasteiger partial charge in [0.05, 0.1) is 18.8 Å². The highest BCUT2D eigenvalue weighted by Gasteiger charge is 2.22. The van der Waals surface area contributed by atoms with Gasteiger partial charge in [-0.25, -0.2) is 4.79 Å². The molecular formula is C19H26N4O4. The van der Waals surface area contributed by atoms with E-state index in [0.717, 1.165) is 30.9 Å². The Morgan fingerprint density at radius 2 is 1.93 bits per heavy atom. The molecule has 3 rings (SSSR count). The number of benzene rings is 1. The molecule has 0 saturated carbocycles. The molecule has 8 heteroatoms. The van der Waals surface area contributed by atoms with E-state index in [4.69, 9.17) is 14.2 Å². The molecule has 2 heterocycles. The Kier molecular flexibility index (Phi) is 6.41. The maximum absolute atomic E-state index is 11.9. The predicted octanol–water partition coefficient (Wildman–Crippen LogP) is 2.14. The lowest BCUT2D eigenvalue weighted by Gasteiger charge is -2.35. The molecule has 0 bridgehead atoms. The second-order valence-electron chi connectivity index (χ2n) is 6.63. The number of morpholine rings is 1. The largest absolute Gasteiger partial charge is 0.492 e. The summed E-state index contributed by atoms with van der Waals surface area (Å²) < 4.78 is 16.6. The summed E-state index contributed by atoms with van der Waals surface area (Å²) in [5.74, 6) is 0.282. The van der Waals surface area contributed by atoms with E-state index >= 15 is 0 Å². The first-order valence-electron chi connectivity index (χ1n) is 9.25. The summed E-state index contributed by atoms with van der Waals surface area (Å²) in [5, 5.41) is 10.4. The third-order valence-corrected chi connectivity index (χ3v) is 4.32. The SMILES string of the molecule is CCOC(=O)c1n[nH]nc1-c1ccc(OCCN2CC(C)OC(C)C2)cc1. The summed E-state index contributed by atoms with van der Waals surface area (Å²) in [6, 6.07) is 7.44. The number of nitrogens with one attached hydrogen (secondary N) is 1. The van der Waals surface area contributed by atoms with Crippen LogP contribution < -0.4 is 4.74 Å². The van der Waals surface area contributed by atoms with Gasteiger partial charge in [-0.05, 0) is 45.0 Å². The van der Waals surface area contributed by atoms with Crippen molar-refractivity contribution in [3.8, 4) is 17.0 Å². The predicted molar refractivity (Wildman–Crippen MR) is 99.7 cm³/mol. The zero-order chi connectivity index (χ0) is 19.2. The summed E-state index contributed by atoms with van der Waals surface area (Å²) in [5.41, 5.74) is 1.42. The molecule has 1 saturated heterocycles. The van der Waals surface area contributed by atoms with Crippen molar-refractivity contribution >= 4 is 5.97 Å². The van der Waals surface area contributed by atoms with Crippen molar-refractivity contribution in [2.75, 3.05) is 32.8 Å². The molecule has 8 nitrogen and oxygen atoms in total. The topological polar surface area (TPSA) is 89.6 Å². The van der Waals surface area contributed by atoms with Gasteiger partial charge >= 0.3 is 5.97 Å². The van der Waals surface area contributed by atoms with Gasteiger partial charge in [-0.15, -0.1) is 5.10 Å². The quantitative estimate of drug-likeness (QED) is 0.743. The van der Waals surface area contributed by atoms with Crippen molar-refractivity contribution in [2.45, 2.75) is 33.0 Å². The van der Waals surface area contributed by atoms with Crippen LogP contribution in [0.15, 0.2) is 24.3 Å². The molecule has 1 aliphatic heterocycles. The minimum Gasteiger partial charge on any atom is -0.492 e. The lowest BCUT2D eigenvalue weighted by molar-refractivity contribution is -0.0699. The maximum atomic E-state index is 11.9. The number of ether oxygens (including phenoxy) is 3. The van der Waals surface area contributed by atoms with Crippen LogP contribution in [0.3, 0.4) is 0 Å². The summed E-state index contributed by atoms with van der Waals surface area (Å²) in [4.78, 5) is 14.3. The minimum atomic E-state index is -0.490. The van der Waals surface area contributed by atoms with Gasteiger partial charge in [0.25, 0.3) is 0 Å². The molecule has 1 N–H and O–H groups in total. The van der Waals surface area contributed by atoms with Crippen LogP contribution >= 0.6 is 0 Å². The van der Waals surface area contributed by atoms with Crippen LogP contribution in [-0.2, 0) is 9.47 Å². The Balaban J connectivity index is 1.55. The average molecular weight is 374 g/mol. The fraction of sp³-hybridized carbons (Fsp3) is 0.526. The standard InChI is InChI=1S/C19H26N4O4/c1-4-25-19(24)18-17(20-22-21-18)15-5-7-16(8-6-15)26-10-9-23-11-13(2)27-14(3)12-23/h5-8,13-14H,4,9-12H2,1-3H3,(H,20,21,22). The third-order valence-electron chi connectivity index (χ3n) is 4.32. The van der Waals surface area contributed by atoms with Gasteiger partial charge in [0.2, 0.25) is 0 Å². The lowest BCUT2D eigenvalue weighted by atomic mass is 10.1. The van der Waals surface area contributed by atoms with E-state index in [9.17, 15) is 4.79 Å². The van der Waals surface area contributed by atoms with E-state index in [0.29, 0.717) is 18.9 Å². The van der Waals surface area contributed by atoms with Crippen molar-refractivity contribution in [3.63, 3.8) is 0 Å². The number of aromatic nitrogens is 3. The van der Waals surface area contributed by atoms with Gasteiger partial charge in [-0.1, -0.05) is 0 Å². The molecule has 27 heavy (non-hydrogen) atoms.